The summed E-state index contributed by atoms with van der Waals surface area (Å²) in [7, 11) is 0. The van der Waals surface area contributed by atoms with Crippen LogP contribution in [0.2, 0.25) is 0 Å². The number of para-hydroxylation sites is 1. The van der Waals surface area contributed by atoms with Gasteiger partial charge in [0.2, 0.25) is 0 Å². The topological polar surface area (TPSA) is 45.5 Å². The molecule has 1 saturated heterocycles. The molecule has 1 aromatic carbocycles. The third-order valence-electron chi connectivity index (χ3n) is 3.26. The second-order valence-electron chi connectivity index (χ2n) is 4.54. The number of rotatable bonds is 1. The Balaban J connectivity index is 0.00000133. The molecule has 0 aliphatic carbocycles. The summed E-state index contributed by atoms with van der Waals surface area (Å²) in [5.41, 5.74) is 0.772. The predicted molar refractivity (Wildman–Crippen MR) is 76.9 cm³/mol. The van der Waals surface area contributed by atoms with E-state index in [0.717, 1.165) is 43.6 Å². The molecule has 0 saturated carbocycles. The van der Waals surface area contributed by atoms with Crippen molar-refractivity contribution < 1.29 is 9.21 Å². The molecule has 3 rings (SSSR count). The lowest BCUT2D eigenvalue weighted by atomic mass is 10.2. The fourth-order valence-electron chi connectivity index (χ4n) is 2.29. The lowest BCUT2D eigenvalue weighted by Crippen LogP contribution is -2.33. The maximum atomic E-state index is 12.3. The number of fused-ring (bicyclic) bond motifs is 1. The molecular weight excluding hydrogens is 264 g/mol. The minimum atomic E-state index is -0.00472. The highest BCUT2D eigenvalue weighted by molar-refractivity contribution is 5.96. The smallest absolute Gasteiger partial charge is 0.289 e. The van der Waals surface area contributed by atoms with Crippen LogP contribution in [0.5, 0.6) is 0 Å². The summed E-state index contributed by atoms with van der Waals surface area (Å²) in [4.78, 5) is 14.2. The van der Waals surface area contributed by atoms with Crippen LogP contribution in [0.25, 0.3) is 11.0 Å². The van der Waals surface area contributed by atoms with Crippen molar-refractivity contribution in [2.24, 2.45) is 0 Å². The van der Waals surface area contributed by atoms with Gasteiger partial charge in [0, 0.05) is 25.0 Å². The van der Waals surface area contributed by atoms with E-state index in [4.69, 9.17) is 4.42 Å². The van der Waals surface area contributed by atoms with Crippen molar-refractivity contribution in [3.8, 4) is 0 Å². The first-order chi connectivity index (χ1) is 8.84. The number of nitrogens with one attached hydrogen (secondary N) is 1. The first kappa shape index (κ1) is 13.9. The summed E-state index contributed by atoms with van der Waals surface area (Å²) in [6.07, 6.45) is 0.992. The van der Waals surface area contributed by atoms with E-state index in [0.29, 0.717) is 5.76 Å². The van der Waals surface area contributed by atoms with E-state index in [-0.39, 0.29) is 18.3 Å². The summed E-state index contributed by atoms with van der Waals surface area (Å²) in [6.45, 7) is 3.37. The standard InChI is InChI=1S/C14H16N2O2.ClH/c17-14(16-8-3-6-15-7-9-16)13-10-11-4-1-2-5-12(11)18-13;/h1-2,4-5,10,15H,3,6-9H2;1H. The van der Waals surface area contributed by atoms with E-state index in [9.17, 15) is 4.79 Å². The largest absolute Gasteiger partial charge is 0.451 e. The highest BCUT2D eigenvalue weighted by atomic mass is 35.5. The molecule has 0 radical (unpaired) electrons. The first-order valence-electron chi connectivity index (χ1n) is 6.33. The van der Waals surface area contributed by atoms with Crippen molar-refractivity contribution in [1.29, 1.82) is 0 Å². The molecule has 1 aliphatic heterocycles. The van der Waals surface area contributed by atoms with E-state index in [2.05, 4.69) is 5.32 Å². The SMILES string of the molecule is Cl.O=C(c1cc2ccccc2o1)N1CCCNCC1. The van der Waals surface area contributed by atoms with Gasteiger partial charge in [0.25, 0.3) is 5.91 Å². The van der Waals surface area contributed by atoms with Crippen LogP contribution in [-0.4, -0.2) is 37.0 Å². The summed E-state index contributed by atoms with van der Waals surface area (Å²) >= 11 is 0. The van der Waals surface area contributed by atoms with Crippen molar-refractivity contribution in [3.05, 3.63) is 36.1 Å². The van der Waals surface area contributed by atoms with Crippen molar-refractivity contribution >= 4 is 29.3 Å². The second-order valence-corrected chi connectivity index (χ2v) is 4.54. The quantitative estimate of drug-likeness (QED) is 0.872. The van der Waals surface area contributed by atoms with Crippen molar-refractivity contribution in [2.75, 3.05) is 26.2 Å². The van der Waals surface area contributed by atoms with Crippen LogP contribution in [-0.2, 0) is 0 Å². The number of benzene rings is 1. The molecule has 0 atom stereocenters. The maximum absolute atomic E-state index is 12.3. The second kappa shape index (κ2) is 6.08. The molecule has 19 heavy (non-hydrogen) atoms. The zero-order chi connectivity index (χ0) is 12.4. The highest BCUT2D eigenvalue weighted by Gasteiger charge is 2.20. The number of nitrogens with zero attached hydrogens (tertiary/aromatic N) is 1. The Morgan fingerprint density at radius 1 is 1.21 bits per heavy atom. The van der Waals surface area contributed by atoms with E-state index in [1.54, 1.807) is 0 Å². The van der Waals surface area contributed by atoms with Crippen molar-refractivity contribution in [2.45, 2.75) is 6.42 Å². The monoisotopic (exact) mass is 280 g/mol. The van der Waals surface area contributed by atoms with Crippen LogP contribution in [0.15, 0.2) is 34.7 Å². The molecular formula is C14H17ClN2O2. The third-order valence-corrected chi connectivity index (χ3v) is 3.26. The van der Waals surface area contributed by atoms with E-state index >= 15 is 0 Å². The van der Waals surface area contributed by atoms with Gasteiger partial charge in [-0.25, -0.2) is 0 Å². The number of furan rings is 1. The molecule has 0 unspecified atom stereocenters. The zero-order valence-corrected chi connectivity index (χ0v) is 11.4. The Morgan fingerprint density at radius 2 is 2.05 bits per heavy atom. The predicted octanol–water partition coefficient (Wildman–Crippen LogP) is 2.29. The normalized spacial score (nSPS) is 15.9. The molecule has 1 N–H and O–H groups in total. The minimum absolute atomic E-state index is 0. The number of carbonyl (C=O) groups excluding carboxylic acids is 1. The van der Waals surface area contributed by atoms with Crippen LogP contribution in [0, 0.1) is 0 Å². The average molecular weight is 281 g/mol. The summed E-state index contributed by atoms with van der Waals surface area (Å²) in [6, 6.07) is 9.53. The minimum Gasteiger partial charge on any atom is -0.451 e. The molecule has 102 valence electrons. The van der Waals surface area contributed by atoms with Gasteiger partial charge in [0.05, 0.1) is 0 Å². The zero-order valence-electron chi connectivity index (χ0n) is 10.6. The summed E-state index contributed by atoms with van der Waals surface area (Å²) < 4.78 is 5.61. The van der Waals surface area contributed by atoms with Gasteiger partial charge in [0.1, 0.15) is 5.58 Å². The fourth-order valence-corrected chi connectivity index (χ4v) is 2.29. The number of carbonyl (C=O) groups is 1. The van der Waals surface area contributed by atoms with Gasteiger partial charge in [0.15, 0.2) is 5.76 Å². The fraction of sp³-hybridized carbons (Fsp3) is 0.357. The van der Waals surface area contributed by atoms with Crippen LogP contribution >= 0.6 is 12.4 Å². The van der Waals surface area contributed by atoms with Crippen molar-refractivity contribution in [1.82, 2.24) is 10.2 Å². The lowest BCUT2D eigenvalue weighted by Gasteiger charge is -2.18. The Hall–Kier alpha value is -1.52. The number of hydrogen-bond donors (Lipinski definition) is 1. The summed E-state index contributed by atoms with van der Waals surface area (Å²) in [5, 5.41) is 4.27. The van der Waals surface area contributed by atoms with Gasteiger partial charge >= 0.3 is 0 Å². The van der Waals surface area contributed by atoms with Gasteiger partial charge in [-0.1, -0.05) is 18.2 Å². The lowest BCUT2D eigenvalue weighted by molar-refractivity contribution is 0.0737. The molecule has 1 aliphatic rings. The molecule has 2 heterocycles. The third kappa shape index (κ3) is 2.91. The number of hydrogen-bond acceptors (Lipinski definition) is 3. The van der Waals surface area contributed by atoms with Gasteiger partial charge in [-0.05, 0) is 25.1 Å². The Bertz CT molecular complexity index is 526. The molecule has 1 amide bonds. The molecule has 1 aromatic heterocycles. The highest BCUT2D eigenvalue weighted by Crippen LogP contribution is 2.20. The van der Waals surface area contributed by atoms with E-state index in [1.165, 1.54) is 0 Å². The van der Waals surface area contributed by atoms with E-state index in [1.807, 2.05) is 35.2 Å². The van der Waals surface area contributed by atoms with Crippen LogP contribution in [0.3, 0.4) is 0 Å². The van der Waals surface area contributed by atoms with Crippen LogP contribution in [0.4, 0.5) is 0 Å². The summed E-state index contributed by atoms with van der Waals surface area (Å²) in [5.74, 6) is 0.438. The average Bonchev–Trinajstić information content (AvgIpc) is 2.64. The Morgan fingerprint density at radius 3 is 2.89 bits per heavy atom. The Labute approximate surface area is 118 Å². The van der Waals surface area contributed by atoms with Crippen LogP contribution in [0.1, 0.15) is 17.0 Å². The number of amides is 1. The van der Waals surface area contributed by atoms with Gasteiger partial charge in [-0.15, -0.1) is 12.4 Å². The van der Waals surface area contributed by atoms with Gasteiger partial charge in [-0.2, -0.15) is 0 Å². The molecule has 2 aromatic rings. The van der Waals surface area contributed by atoms with Crippen molar-refractivity contribution in [3.63, 3.8) is 0 Å². The molecule has 4 nitrogen and oxygen atoms in total. The number of halogens is 1. The Kier molecular flexibility index (Phi) is 4.45. The van der Waals surface area contributed by atoms with Gasteiger partial charge < -0.3 is 14.6 Å². The van der Waals surface area contributed by atoms with E-state index < -0.39 is 0 Å². The molecule has 0 bridgehead atoms. The van der Waals surface area contributed by atoms with Crippen LogP contribution < -0.4 is 5.32 Å². The first-order valence-corrected chi connectivity index (χ1v) is 6.33. The maximum Gasteiger partial charge on any atom is 0.289 e. The molecule has 5 heteroatoms. The van der Waals surface area contributed by atoms with Gasteiger partial charge in [-0.3, -0.25) is 4.79 Å². The molecule has 1 fully saturated rings. The molecule has 0 spiro atoms.